The zero-order chi connectivity index (χ0) is 20.7. The zero-order valence-electron chi connectivity index (χ0n) is 13.1. The number of carbonyl (C=O) groups excluding carboxylic acids is 1. The van der Waals surface area contributed by atoms with Crippen molar-refractivity contribution in [2.45, 2.75) is 37.3 Å². The second kappa shape index (κ2) is 9.56. The standard InChI is InChI=1S/C8H15N3O.2C2HF3O2/c9-6-3-11(4-6)5-8(12)10-7-1-2-7;2*3-2(4,5)1(6)7/h6-7H,1-5,9H2,(H,10,12);2*(H,6,7). The number of halogens is 6. The summed E-state index contributed by atoms with van der Waals surface area (Å²) in [5, 5.41) is 17.2. The van der Waals surface area contributed by atoms with E-state index in [2.05, 4.69) is 10.2 Å². The maximum atomic E-state index is 11.2. The largest absolute Gasteiger partial charge is 0.490 e. The fourth-order valence-corrected chi connectivity index (χ4v) is 1.44. The normalized spacial score (nSPS) is 17.7. The fraction of sp³-hybridized carbons (Fsp3) is 0.750. The minimum Gasteiger partial charge on any atom is -0.475 e. The van der Waals surface area contributed by atoms with Gasteiger partial charge in [-0.15, -0.1) is 0 Å². The maximum Gasteiger partial charge on any atom is 0.490 e. The predicted octanol–water partition coefficient (Wildman–Crippen LogP) is 0.174. The van der Waals surface area contributed by atoms with Crippen LogP contribution in [0.1, 0.15) is 12.8 Å². The van der Waals surface area contributed by atoms with Gasteiger partial charge in [0.1, 0.15) is 0 Å². The van der Waals surface area contributed by atoms with Gasteiger partial charge < -0.3 is 21.3 Å². The Balaban J connectivity index is 0.000000390. The summed E-state index contributed by atoms with van der Waals surface area (Å²) in [4.78, 5) is 31.1. The molecule has 152 valence electrons. The molecular formula is C12H17F6N3O5. The molecule has 0 atom stereocenters. The molecule has 2 fully saturated rings. The first-order valence-corrected chi connectivity index (χ1v) is 7.00. The minimum atomic E-state index is -5.08. The molecule has 26 heavy (non-hydrogen) atoms. The molecule has 5 N–H and O–H groups in total. The monoisotopic (exact) mass is 397 g/mol. The van der Waals surface area contributed by atoms with Crippen LogP contribution in [0, 0.1) is 0 Å². The van der Waals surface area contributed by atoms with Crippen LogP contribution in [-0.2, 0) is 14.4 Å². The van der Waals surface area contributed by atoms with Crippen LogP contribution in [0.2, 0.25) is 0 Å². The van der Waals surface area contributed by atoms with Crippen molar-refractivity contribution in [3.8, 4) is 0 Å². The fourth-order valence-electron chi connectivity index (χ4n) is 1.44. The van der Waals surface area contributed by atoms with Gasteiger partial charge in [0.15, 0.2) is 0 Å². The average molecular weight is 397 g/mol. The van der Waals surface area contributed by atoms with Gasteiger partial charge in [-0.25, -0.2) is 9.59 Å². The van der Waals surface area contributed by atoms with Gasteiger partial charge in [-0.3, -0.25) is 9.69 Å². The second-order valence-electron chi connectivity index (χ2n) is 5.40. The Morgan fingerprint density at radius 1 is 0.962 bits per heavy atom. The van der Waals surface area contributed by atoms with E-state index in [9.17, 15) is 31.1 Å². The van der Waals surface area contributed by atoms with Crippen LogP contribution in [0.25, 0.3) is 0 Å². The van der Waals surface area contributed by atoms with E-state index < -0.39 is 24.3 Å². The number of hydrogen-bond acceptors (Lipinski definition) is 5. The van der Waals surface area contributed by atoms with Gasteiger partial charge >= 0.3 is 24.3 Å². The smallest absolute Gasteiger partial charge is 0.475 e. The molecule has 0 aromatic rings. The van der Waals surface area contributed by atoms with Gasteiger partial charge in [-0.05, 0) is 12.8 Å². The molecule has 0 radical (unpaired) electrons. The Kier molecular flexibility index (Phi) is 8.80. The van der Waals surface area contributed by atoms with Crippen molar-refractivity contribution < 1.29 is 50.9 Å². The molecule has 0 aromatic carbocycles. The van der Waals surface area contributed by atoms with Crippen LogP contribution in [0.5, 0.6) is 0 Å². The Hall–Kier alpha value is -2.09. The maximum absolute atomic E-state index is 11.2. The van der Waals surface area contributed by atoms with Gasteiger partial charge in [0, 0.05) is 25.2 Å². The molecule has 2 aliphatic rings. The van der Waals surface area contributed by atoms with Crippen LogP contribution < -0.4 is 11.1 Å². The quantitative estimate of drug-likeness (QED) is 0.499. The molecule has 1 heterocycles. The van der Waals surface area contributed by atoms with Crippen LogP contribution in [0.15, 0.2) is 0 Å². The third-order valence-electron chi connectivity index (χ3n) is 2.78. The highest BCUT2D eigenvalue weighted by Gasteiger charge is 2.38. The van der Waals surface area contributed by atoms with Gasteiger partial charge in [0.25, 0.3) is 0 Å². The first-order chi connectivity index (χ1) is 11.6. The molecule has 14 heteroatoms. The number of nitrogens with zero attached hydrogens (tertiary/aromatic N) is 1. The van der Waals surface area contributed by atoms with Crippen molar-refractivity contribution in [3.05, 3.63) is 0 Å². The van der Waals surface area contributed by atoms with Crippen molar-refractivity contribution in [1.29, 1.82) is 0 Å². The summed E-state index contributed by atoms with van der Waals surface area (Å²) in [6, 6.07) is 0.770. The third kappa shape index (κ3) is 11.5. The van der Waals surface area contributed by atoms with Crippen LogP contribution >= 0.6 is 0 Å². The van der Waals surface area contributed by atoms with E-state index in [1.165, 1.54) is 0 Å². The Morgan fingerprint density at radius 2 is 1.31 bits per heavy atom. The highest BCUT2D eigenvalue weighted by atomic mass is 19.4. The van der Waals surface area contributed by atoms with Gasteiger partial charge in [0.2, 0.25) is 5.91 Å². The first kappa shape index (κ1) is 23.9. The number of nitrogens with one attached hydrogen (secondary N) is 1. The summed E-state index contributed by atoms with van der Waals surface area (Å²) < 4.78 is 63.5. The third-order valence-corrected chi connectivity index (χ3v) is 2.78. The molecular weight excluding hydrogens is 380 g/mol. The highest BCUT2D eigenvalue weighted by Crippen LogP contribution is 2.18. The first-order valence-electron chi connectivity index (χ1n) is 7.00. The number of carbonyl (C=O) groups is 3. The molecule has 0 aromatic heterocycles. The van der Waals surface area contributed by atoms with E-state index in [1.807, 2.05) is 0 Å². The summed E-state index contributed by atoms with van der Waals surface area (Å²) in [7, 11) is 0. The molecule has 0 spiro atoms. The van der Waals surface area contributed by atoms with E-state index in [1.54, 1.807) is 0 Å². The second-order valence-corrected chi connectivity index (χ2v) is 5.40. The lowest BCUT2D eigenvalue weighted by Crippen LogP contribution is -2.58. The summed E-state index contributed by atoms with van der Waals surface area (Å²) in [6.07, 6.45) is -7.85. The number of hydrogen-bond donors (Lipinski definition) is 4. The summed E-state index contributed by atoms with van der Waals surface area (Å²) in [5.41, 5.74) is 5.58. The van der Waals surface area contributed by atoms with Gasteiger partial charge in [0.05, 0.1) is 6.54 Å². The number of carboxylic acid groups (broad SMARTS) is 2. The lowest BCUT2D eigenvalue weighted by Gasteiger charge is -2.36. The number of nitrogens with two attached hydrogens (primary N) is 1. The summed E-state index contributed by atoms with van der Waals surface area (Å²) in [6.45, 7) is 2.28. The zero-order valence-corrected chi connectivity index (χ0v) is 13.1. The number of rotatable bonds is 3. The van der Waals surface area contributed by atoms with E-state index in [4.69, 9.17) is 25.5 Å². The number of amides is 1. The SMILES string of the molecule is NC1CN(CC(=O)NC2CC2)C1.O=C(O)C(F)(F)F.O=C(O)C(F)(F)F. The van der Waals surface area contributed by atoms with E-state index >= 15 is 0 Å². The molecule has 8 nitrogen and oxygen atoms in total. The Morgan fingerprint density at radius 3 is 1.54 bits per heavy atom. The number of alkyl halides is 6. The molecule has 1 saturated heterocycles. The van der Waals surface area contributed by atoms with Crippen molar-refractivity contribution in [1.82, 2.24) is 10.2 Å². The molecule has 2 rings (SSSR count). The number of aliphatic carboxylic acids is 2. The molecule has 1 amide bonds. The molecule has 1 aliphatic heterocycles. The van der Waals surface area contributed by atoms with Crippen molar-refractivity contribution in [2.75, 3.05) is 19.6 Å². The van der Waals surface area contributed by atoms with E-state index in [0.717, 1.165) is 25.9 Å². The molecule has 0 bridgehead atoms. The molecule has 1 aliphatic carbocycles. The Bertz CT molecular complexity index is 477. The highest BCUT2D eigenvalue weighted by molar-refractivity contribution is 5.78. The van der Waals surface area contributed by atoms with Crippen LogP contribution in [-0.4, -0.2) is 77.0 Å². The molecule has 1 saturated carbocycles. The topological polar surface area (TPSA) is 133 Å². The van der Waals surface area contributed by atoms with Gasteiger partial charge in [-0.1, -0.05) is 0 Å². The van der Waals surface area contributed by atoms with Crippen LogP contribution in [0.4, 0.5) is 26.3 Å². The van der Waals surface area contributed by atoms with Crippen LogP contribution in [0.3, 0.4) is 0 Å². The van der Waals surface area contributed by atoms with E-state index in [-0.39, 0.29) is 5.91 Å². The average Bonchev–Trinajstić information content (AvgIpc) is 3.19. The van der Waals surface area contributed by atoms with E-state index in [0.29, 0.717) is 18.6 Å². The number of carboxylic acids is 2. The summed E-state index contributed by atoms with van der Waals surface area (Å²) in [5.74, 6) is -5.36. The van der Waals surface area contributed by atoms with Gasteiger partial charge in [-0.2, -0.15) is 26.3 Å². The Labute approximate surface area is 142 Å². The minimum absolute atomic E-state index is 0.157. The number of likely N-dealkylation sites (tertiary alicyclic amines) is 1. The lowest BCUT2D eigenvalue weighted by molar-refractivity contribution is -0.193. The van der Waals surface area contributed by atoms with Crippen molar-refractivity contribution >= 4 is 17.8 Å². The molecule has 0 unspecified atom stereocenters. The predicted molar refractivity (Wildman–Crippen MR) is 73.0 cm³/mol. The van der Waals surface area contributed by atoms with Crippen molar-refractivity contribution in [3.63, 3.8) is 0 Å². The lowest BCUT2D eigenvalue weighted by atomic mass is 10.1. The summed E-state index contributed by atoms with van der Waals surface area (Å²) >= 11 is 0. The van der Waals surface area contributed by atoms with Crippen molar-refractivity contribution in [2.24, 2.45) is 5.73 Å².